The molecule has 1 saturated carbocycles. The lowest BCUT2D eigenvalue weighted by molar-refractivity contribution is -0.255. The van der Waals surface area contributed by atoms with E-state index in [9.17, 15) is 10.5 Å². The second-order valence-electron chi connectivity index (χ2n) is 5.23. The maximum absolute atomic E-state index is 9.95. The van der Waals surface area contributed by atoms with Gasteiger partial charge in [0.2, 0.25) is 0 Å². The van der Waals surface area contributed by atoms with Crippen LogP contribution in [0.25, 0.3) is 0 Å². The van der Waals surface area contributed by atoms with Gasteiger partial charge in [-0.2, -0.15) is 10.5 Å². The van der Waals surface area contributed by atoms with Crippen molar-refractivity contribution in [3.8, 4) is 12.1 Å². The summed E-state index contributed by atoms with van der Waals surface area (Å²) in [5.41, 5.74) is 3.66. The first-order chi connectivity index (χ1) is 10.6. The van der Waals surface area contributed by atoms with Gasteiger partial charge in [-0.25, -0.2) is 4.99 Å². The van der Waals surface area contributed by atoms with Crippen LogP contribution >= 0.6 is 11.3 Å². The molecule has 0 radical (unpaired) electrons. The van der Waals surface area contributed by atoms with E-state index < -0.39 is 16.7 Å². The van der Waals surface area contributed by atoms with Crippen LogP contribution in [0, 0.1) is 33.5 Å². The Bertz CT molecular complexity index is 696. The lowest BCUT2D eigenvalue weighted by Crippen LogP contribution is -2.43. The van der Waals surface area contributed by atoms with Crippen molar-refractivity contribution in [2.24, 2.45) is 21.6 Å². The Morgan fingerprint density at radius 1 is 1.32 bits per heavy atom. The van der Waals surface area contributed by atoms with Crippen molar-refractivity contribution in [1.82, 2.24) is 0 Å². The minimum absolute atomic E-state index is 0.122. The van der Waals surface area contributed by atoms with Crippen LogP contribution in [0.5, 0.6) is 0 Å². The molecule has 0 amide bonds. The molecule has 114 valence electrons. The first-order valence-electron chi connectivity index (χ1n) is 7.09. The van der Waals surface area contributed by atoms with Crippen molar-refractivity contribution in [3.05, 3.63) is 22.4 Å². The number of amidine groups is 1. The summed E-state index contributed by atoms with van der Waals surface area (Å²) in [6, 6.07) is 8.30. The molecular formula is C15H16N4O2S. The number of aliphatic imine (C=N–C) groups is 1. The van der Waals surface area contributed by atoms with Gasteiger partial charge >= 0.3 is 0 Å². The number of thiophene rings is 1. The molecule has 3 rings (SSSR count). The molecule has 7 heteroatoms. The molecule has 1 fully saturated rings. The Balaban J connectivity index is 2.22. The van der Waals surface area contributed by atoms with E-state index in [1.165, 1.54) is 11.3 Å². The molecule has 0 saturated heterocycles. The Kier molecular flexibility index (Phi) is 3.26. The summed E-state index contributed by atoms with van der Waals surface area (Å²) < 4.78 is 11.5. The number of nitriles is 2. The first kappa shape index (κ1) is 15.0. The monoisotopic (exact) mass is 316 g/mol. The Morgan fingerprint density at radius 3 is 2.45 bits per heavy atom. The van der Waals surface area contributed by atoms with Gasteiger partial charge in [-0.05, 0) is 25.3 Å². The van der Waals surface area contributed by atoms with E-state index in [0.717, 1.165) is 4.88 Å². The van der Waals surface area contributed by atoms with Crippen LogP contribution in [0.1, 0.15) is 24.6 Å². The van der Waals surface area contributed by atoms with Gasteiger partial charge in [0.05, 0.1) is 12.1 Å². The molecule has 0 spiro atoms. The SMILES string of the molecule is CCOC1(OCC)N=C(N)[C@@]2(C#N)[C@@H](c3cccs3)[C@@]12C#N. The Hall–Kier alpha value is -1.93. The number of ether oxygens (including phenoxy) is 2. The van der Waals surface area contributed by atoms with Gasteiger partial charge in [-0.1, -0.05) is 6.07 Å². The van der Waals surface area contributed by atoms with Gasteiger partial charge < -0.3 is 15.2 Å². The highest BCUT2D eigenvalue weighted by atomic mass is 32.1. The highest BCUT2D eigenvalue weighted by Gasteiger charge is 2.94. The third kappa shape index (κ3) is 1.37. The van der Waals surface area contributed by atoms with Gasteiger partial charge in [-0.3, -0.25) is 0 Å². The molecular weight excluding hydrogens is 300 g/mol. The van der Waals surface area contributed by atoms with Crippen LogP contribution in [-0.2, 0) is 9.47 Å². The molecule has 0 unspecified atom stereocenters. The predicted octanol–water partition coefficient (Wildman–Crippen LogP) is 1.96. The number of nitrogens with zero attached hydrogens (tertiary/aromatic N) is 3. The minimum Gasteiger partial charge on any atom is -0.386 e. The van der Waals surface area contributed by atoms with Crippen molar-refractivity contribution in [1.29, 1.82) is 10.5 Å². The van der Waals surface area contributed by atoms with Gasteiger partial charge in [0.15, 0.2) is 10.8 Å². The second-order valence-corrected chi connectivity index (χ2v) is 6.21. The van der Waals surface area contributed by atoms with Crippen molar-refractivity contribution in [3.63, 3.8) is 0 Å². The third-order valence-electron chi connectivity index (χ3n) is 4.44. The summed E-state index contributed by atoms with van der Waals surface area (Å²) in [5, 5.41) is 21.7. The van der Waals surface area contributed by atoms with Crippen molar-refractivity contribution in [2.75, 3.05) is 13.2 Å². The van der Waals surface area contributed by atoms with Gasteiger partial charge in [0, 0.05) is 24.0 Å². The molecule has 0 bridgehead atoms. The van der Waals surface area contributed by atoms with Gasteiger partial charge in [0.25, 0.3) is 5.91 Å². The topological polar surface area (TPSA) is 104 Å². The Labute approximate surface area is 132 Å². The summed E-state index contributed by atoms with van der Waals surface area (Å²) in [4.78, 5) is 5.21. The fourth-order valence-corrected chi connectivity index (χ4v) is 4.59. The van der Waals surface area contributed by atoms with Crippen LogP contribution in [0.3, 0.4) is 0 Å². The zero-order chi connectivity index (χ0) is 16.0. The standard InChI is InChI=1S/C15H16N4O2S/c1-3-20-15(21-4-2)14(9-17)11(10-6-5-7-22-10)13(14,8-16)12(18)19-15/h5-7,11H,3-4H2,1-2H3,(H2,18,19)/t11-,13-,14-/m1/s1. The van der Waals surface area contributed by atoms with Crippen molar-refractivity contribution < 1.29 is 9.47 Å². The fraction of sp³-hybridized carbons (Fsp3) is 0.533. The summed E-state index contributed by atoms with van der Waals surface area (Å²) in [6.07, 6.45) is 0. The number of hydrogen-bond acceptors (Lipinski definition) is 7. The van der Waals surface area contributed by atoms with Crippen molar-refractivity contribution >= 4 is 17.2 Å². The quantitative estimate of drug-likeness (QED) is 0.836. The fourth-order valence-electron chi connectivity index (χ4n) is 3.63. The minimum atomic E-state index is -1.51. The molecule has 1 aliphatic carbocycles. The molecule has 3 atom stereocenters. The van der Waals surface area contributed by atoms with Crippen LogP contribution < -0.4 is 5.73 Å². The molecule has 2 heterocycles. The molecule has 22 heavy (non-hydrogen) atoms. The highest BCUT2D eigenvalue weighted by molar-refractivity contribution is 7.10. The summed E-state index contributed by atoms with van der Waals surface area (Å²) in [6.45, 7) is 4.21. The first-order valence-corrected chi connectivity index (χ1v) is 7.97. The number of nitrogens with two attached hydrogens (primary N) is 1. The van der Waals surface area contributed by atoms with Crippen LogP contribution in [0.2, 0.25) is 0 Å². The molecule has 2 aliphatic rings. The summed E-state index contributed by atoms with van der Waals surface area (Å²) >= 11 is 1.49. The maximum atomic E-state index is 9.95. The smallest absolute Gasteiger partial charge is 0.293 e. The van der Waals surface area contributed by atoms with Crippen molar-refractivity contribution in [2.45, 2.75) is 25.7 Å². The third-order valence-corrected chi connectivity index (χ3v) is 5.37. The Morgan fingerprint density at radius 2 is 2.00 bits per heavy atom. The van der Waals surface area contributed by atoms with Crippen LogP contribution in [0.15, 0.2) is 22.5 Å². The lowest BCUT2D eigenvalue weighted by atomic mass is 9.93. The van der Waals surface area contributed by atoms with E-state index in [1.54, 1.807) is 13.8 Å². The number of fused-ring (bicyclic) bond motifs is 1. The molecule has 2 N–H and O–H groups in total. The molecule has 1 aromatic rings. The largest absolute Gasteiger partial charge is 0.386 e. The molecule has 0 aromatic carbocycles. The molecule has 6 nitrogen and oxygen atoms in total. The number of hydrogen-bond donors (Lipinski definition) is 1. The van der Waals surface area contributed by atoms with E-state index in [-0.39, 0.29) is 11.8 Å². The summed E-state index contributed by atoms with van der Waals surface area (Å²) in [5.74, 6) is -1.78. The normalized spacial score (nSPS) is 34.4. The average molecular weight is 316 g/mol. The molecule has 1 aliphatic heterocycles. The van der Waals surface area contributed by atoms with E-state index >= 15 is 0 Å². The van der Waals surface area contributed by atoms with E-state index in [2.05, 4.69) is 17.1 Å². The average Bonchev–Trinajstić information content (AvgIpc) is 2.78. The van der Waals surface area contributed by atoms with Crippen LogP contribution in [0.4, 0.5) is 0 Å². The van der Waals surface area contributed by atoms with Gasteiger partial charge in [0.1, 0.15) is 5.84 Å². The van der Waals surface area contributed by atoms with E-state index in [0.29, 0.717) is 13.2 Å². The lowest BCUT2D eigenvalue weighted by Gasteiger charge is -2.31. The maximum Gasteiger partial charge on any atom is 0.293 e. The van der Waals surface area contributed by atoms with Gasteiger partial charge in [-0.15, -0.1) is 11.3 Å². The highest BCUT2D eigenvalue weighted by Crippen LogP contribution is 2.82. The summed E-state index contributed by atoms with van der Waals surface area (Å²) in [7, 11) is 0. The zero-order valence-electron chi connectivity index (χ0n) is 12.4. The zero-order valence-corrected chi connectivity index (χ0v) is 13.2. The second kappa shape index (κ2) is 4.79. The molecule has 1 aromatic heterocycles. The van der Waals surface area contributed by atoms with E-state index in [1.807, 2.05) is 17.5 Å². The van der Waals surface area contributed by atoms with Crippen LogP contribution in [-0.4, -0.2) is 25.0 Å². The number of rotatable bonds is 5. The van der Waals surface area contributed by atoms with E-state index in [4.69, 9.17) is 15.2 Å². The predicted molar refractivity (Wildman–Crippen MR) is 80.8 cm³/mol.